The van der Waals surface area contributed by atoms with Crippen molar-refractivity contribution in [2.45, 2.75) is 39.4 Å². The normalized spacial score (nSPS) is 11.4. The Hall–Kier alpha value is -3.93. The summed E-state index contributed by atoms with van der Waals surface area (Å²) in [5.74, 6) is -1.10. The maximum absolute atomic E-state index is 13.1. The first kappa shape index (κ1) is 23.2. The van der Waals surface area contributed by atoms with Gasteiger partial charge in [-0.25, -0.2) is 9.59 Å². The second kappa shape index (κ2) is 9.51. The lowest BCUT2D eigenvalue weighted by Gasteiger charge is -2.21. The molecule has 1 aromatic heterocycles. The number of fused-ring (bicyclic) bond motifs is 1. The first-order chi connectivity index (χ1) is 16.3. The van der Waals surface area contributed by atoms with E-state index in [4.69, 9.17) is 9.47 Å². The fourth-order valence-electron chi connectivity index (χ4n) is 3.93. The van der Waals surface area contributed by atoms with Gasteiger partial charge in [0.25, 0.3) is 0 Å². The first-order valence-corrected chi connectivity index (χ1v) is 11.2. The lowest BCUT2D eigenvalue weighted by molar-refractivity contribution is 0.0467. The molecule has 34 heavy (non-hydrogen) atoms. The van der Waals surface area contributed by atoms with Crippen molar-refractivity contribution in [3.05, 3.63) is 101 Å². The molecule has 174 valence electrons. The number of esters is 2. The third kappa shape index (κ3) is 4.86. The highest BCUT2D eigenvalue weighted by Gasteiger charge is 2.29. The standard InChI is InChI=1S/C28H28N2O4/c1-28(2,3)22-16-15-21(26(31)33-17-19-11-7-5-8-12-19)23-24(29-30(4)25(22)23)27(32)34-18-20-13-9-6-10-14-20/h5-16H,17-18H2,1-4H3. The van der Waals surface area contributed by atoms with Crippen LogP contribution in [0.4, 0.5) is 0 Å². The van der Waals surface area contributed by atoms with E-state index < -0.39 is 11.9 Å². The molecule has 0 saturated carbocycles. The molecule has 6 heteroatoms. The van der Waals surface area contributed by atoms with Gasteiger partial charge in [-0.2, -0.15) is 5.10 Å². The Morgan fingerprint density at radius 1 is 0.794 bits per heavy atom. The molecular formula is C28H28N2O4. The Morgan fingerprint density at radius 3 is 1.85 bits per heavy atom. The largest absolute Gasteiger partial charge is 0.457 e. The van der Waals surface area contributed by atoms with Crippen LogP contribution in [-0.4, -0.2) is 21.7 Å². The quantitative estimate of drug-likeness (QED) is 0.354. The van der Waals surface area contributed by atoms with Gasteiger partial charge in [-0.05, 0) is 28.2 Å². The molecule has 0 amide bonds. The molecule has 0 saturated heterocycles. The van der Waals surface area contributed by atoms with E-state index in [2.05, 4.69) is 25.9 Å². The van der Waals surface area contributed by atoms with Crippen molar-refractivity contribution >= 4 is 22.8 Å². The molecule has 0 spiro atoms. The van der Waals surface area contributed by atoms with Crippen molar-refractivity contribution in [2.75, 3.05) is 0 Å². The number of carbonyl (C=O) groups is 2. The van der Waals surface area contributed by atoms with Crippen molar-refractivity contribution in [1.29, 1.82) is 0 Å². The van der Waals surface area contributed by atoms with Crippen LogP contribution in [0.1, 0.15) is 58.3 Å². The van der Waals surface area contributed by atoms with Crippen LogP contribution in [0.15, 0.2) is 72.8 Å². The minimum atomic E-state index is -0.586. The predicted octanol–water partition coefficient (Wildman–Crippen LogP) is 5.58. The van der Waals surface area contributed by atoms with E-state index in [9.17, 15) is 9.59 Å². The van der Waals surface area contributed by atoms with Gasteiger partial charge in [-0.3, -0.25) is 4.68 Å². The van der Waals surface area contributed by atoms with Crippen LogP contribution in [0.25, 0.3) is 10.9 Å². The average molecular weight is 457 g/mol. The highest BCUT2D eigenvalue weighted by atomic mass is 16.5. The van der Waals surface area contributed by atoms with Crippen molar-refractivity contribution in [3.63, 3.8) is 0 Å². The lowest BCUT2D eigenvalue weighted by Crippen LogP contribution is -2.15. The molecule has 0 aliphatic rings. The van der Waals surface area contributed by atoms with Crippen molar-refractivity contribution in [2.24, 2.45) is 7.05 Å². The number of hydrogen-bond donors (Lipinski definition) is 0. The molecule has 0 N–H and O–H groups in total. The van der Waals surface area contributed by atoms with E-state index >= 15 is 0 Å². The van der Waals surface area contributed by atoms with Crippen LogP contribution in [-0.2, 0) is 35.2 Å². The summed E-state index contributed by atoms with van der Waals surface area (Å²) >= 11 is 0. The molecule has 4 rings (SSSR count). The number of nitrogens with zero attached hydrogens (tertiary/aromatic N) is 2. The van der Waals surface area contributed by atoms with Crippen LogP contribution in [0.5, 0.6) is 0 Å². The molecule has 0 fully saturated rings. The van der Waals surface area contributed by atoms with Gasteiger partial charge < -0.3 is 9.47 Å². The molecule has 0 aliphatic carbocycles. The first-order valence-electron chi connectivity index (χ1n) is 11.2. The van der Waals surface area contributed by atoms with Gasteiger partial charge >= 0.3 is 11.9 Å². The highest BCUT2D eigenvalue weighted by molar-refractivity contribution is 6.12. The Balaban J connectivity index is 1.73. The molecule has 6 nitrogen and oxygen atoms in total. The van der Waals surface area contributed by atoms with Gasteiger partial charge in [0.2, 0.25) is 0 Å². The third-order valence-electron chi connectivity index (χ3n) is 5.64. The van der Waals surface area contributed by atoms with Crippen LogP contribution in [0.3, 0.4) is 0 Å². The number of aromatic nitrogens is 2. The number of carbonyl (C=O) groups excluding carboxylic acids is 2. The minimum Gasteiger partial charge on any atom is -0.457 e. The molecule has 0 bridgehead atoms. The Kier molecular flexibility index (Phi) is 6.50. The number of hydrogen-bond acceptors (Lipinski definition) is 5. The zero-order chi connectivity index (χ0) is 24.3. The average Bonchev–Trinajstić information content (AvgIpc) is 3.18. The minimum absolute atomic E-state index is 0.103. The summed E-state index contributed by atoms with van der Waals surface area (Å²) in [5.41, 5.74) is 3.60. The van der Waals surface area contributed by atoms with E-state index in [1.54, 1.807) is 17.8 Å². The highest BCUT2D eigenvalue weighted by Crippen LogP contribution is 2.34. The second-order valence-electron chi connectivity index (χ2n) is 9.23. The number of benzene rings is 3. The van der Waals surface area contributed by atoms with E-state index in [1.807, 2.05) is 66.7 Å². The summed E-state index contributed by atoms with van der Waals surface area (Å²) in [6, 6.07) is 22.5. The molecule has 0 radical (unpaired) electrons. The number of aryl methyl sites for hydroxylation is 1. The summed E-state index contributed by atoms with van der Waals surface area (Å²) in [7, 11) is 1.77. The van der Waals surface area contributed by atoms with Crippen LogP contribution in [0.2, 0.25) is 0 Å². The Bertz CT molecular complexity index is 1320. The molecular weight excluding hydrogens is 428 g/mol. The molecule has 3 aromatic carbocycles. The van der Waals surface area contributed by atoms with Gasteiger partial charge in [0.1, 0.15) is 13.2 Å². The Labute approximate surface area is 199 Å². The van der Waals surface area contributed by atoms with Crippen LogP contribution in [0, 0.1) is 0 Å². The van der Waals surface area contributed by atoms with Gasteiger partial charge in [-0.15, -0.1) is 0 Å². The monoisotopic (exact) mass is 456 g/mol. The molecule has 4 aromatic rings. The zero-order valence-electron chi connectivity index (χ0n) is 19.9. The number of ether oxygens (including phenoxy) is 2. The predicted molar refractivity (Wildman–Crippen MR) is 131 cm³/mol. The van der Waals surface area contributed by atoms with E-state index in [0.717, 1.165) is 16.7 Å². The fraction of sp³-hybridized carbons (Fsp3) is 0.250. The zero-order valence-corrected chi connectivity index (χ0v) is 19.9. The molecule has 0 atom stereocenters. The van der Waals surface area contributed by atoms with Crippen molar-refractivity contribution in [1.82, 2.24) is 9.78 Å². The summed E-state index contributed by atoms with van der Waals surface area (Å²) in [5, 5.41) is 4.92. The summed E-state index contributed by atoms with van der Waals surface area (Å²) in [6.07, 6.45) is 0. The van der Waals surface area contributed by atoms with Crippen LogP contribution < -0.4 is 0 Å². The van der Waals surface area contributed by atoms with Gasteiger partial charge in [0.05, 0.1) is 11.1 Å². The lowest BCUT2D eigenvalue weighted by atomic mass is 9.84. The van der Waals surface area contributed by atoms with E-state index in [0.29, 0.717) is 16.5 Å². The summed E-state index contributed by atoms with van der Waals surface area (Å²) in [6.45, 7) is 6.49. The molecule has 0 unspecified atom stereocenters. The molecule has 0 aliphatic heterocycles. The second-order valence-corrected chi connectivity index (χ2v) is 9.23. The topological polar surface area (TPSA) is 70.4 Å². The van der Waals surface area contributed by atoms with Crippen molar-refractivity contribution in [3.8, 4) is 0 Å². The van der Waals surface area contributed by atoms with Gasteiger partial charge in [0, 0.05) is 12.4 Å². The summed E-state index contributed by atoms with van der Waals surface area (Å²) < 4.78 is 12.8. The summed E-state index contributed by atoms with van der Waals surface area (Å²) in [4.78, 5) is 26.3. The van der Waals surface area contributed by atoms with Crippen LogP contribution >= 0.6 is 0 Å². The maximum atomic E-state index is 13.1. The van der Waals surface area contributed by atoms with Gasteiger partial charge in [0.15, 0.2) is 5.69 Å². The third-order valence-corrected chi connectivity index (χ3v) is 5.64. The molecule has 1 heterocycles. The fourth-order valence-corrected chi connectivity index (χ4v) is 3.93. The SMILES string of the molecule is Cn1nc(C(=O)OCc2ccccc2)c2c(C(=O)OCc3ccccc3)ccc(C(C)(C)C)c21. The van der Waals surface area contributed by atoms with Crippen molar-refractivity contribution < 1.29 is 19.1 Å². The maximum Gasteiger partial charge on any atom is 0.359 e. The number of rotatable bonds is 6. The van der Waals surface area contributed by atoms with E-state index in [-0.39, 0.29) is 24.3 Å². The Morgan fingerprint density at radius 2 is 1.32 bits per heavy atom. The van der Waals surface area contributed by atoms with E-state index in [1.165, 1.54) is 0 Å². The van der Waals surface area contributed by atoms with Gasteiger partial charge in [-0.1, -0.05) is 87.5 Å². The smallest absolute Gasteiger partial charge is 0.359 e.